The average Bonchev–Trinajstić information content (AvgIpc) is 2.77. The van der Waals surface area contributed by atoms with E-state index < -0.39 is 0 Å². The lowest BCUT2D eigenvalue weighted by atomic mass is 10.1. The van der Waals surface area contributed by atoms with Crippen molar-refractivity contribution in [2.45, 2.75) is 32.9 Å². The van der Waals surface area contributed by atoms with Crippen molar-refractivity contribution < 1.29 is 9.47 Å². The fraction of sp³-hybridized carbons (Fsp3) is 0.636. The summed E-state index contributed by atoms with van der Waals surface area (Å²) in [5.74, 6) is 0.557. The maximum Gasteiger partial charge on any atom is 0.238 e. The standard InChI is InChI=1S/C11H17N3O2/c1-7-8(2)13-14-11(10(7)5-12)16-9-3-4-15-6-9/h9H,3-6,12H2,1-2H3. The predicted octanol–water partition coefficient (Wildman–Crippen LogP) is 0.720. The van der Waals surface area contributed by atoms with E-state index in [0.29, 0.717) is 19.0 Å². The van der Waals surface area contributed by atoms with Crippen molar-refractivity contribution in [1.82, 2.24) is 10.2 Å². The van der Waals surface area contributed by atoms with E-state index in [-0.39, 0.29) is 6.10 Å². The Bertz CT molecular complexity index is 376. The molecular weight excluding hydrogens is 206 g/mol. The molecule has 0 aromatic carbocycles. The number of hydrogen-bond acceptors (Lipinski definition) is 5. The Kier molecular flexibility index (Phi) is 3.36. The smallest absolute Gasteiger partial charge is 0.238 e. The minimum atomic E-state index is 0.0849. The van der Waals surface area contributed by atoms with E-state index in [0.717, 1.165) is 29.8 Å². The summed E-state index contributed by atoms with van der Waals surface area (Å²) in [6, 6.07) is 0. The normalized spacial score (nSPS) is 20.1. The van der Waals surface area contributed by atoms with Gasteiger partial charge in [-0.2, -0.15) is 5.10 Å². The van der Waals surface area contributed by atoms with Gasteiger partial charge in [-0.05, 0) is 19.4 Å². The Labute approximate surface area is 95.0 Å². The third kappa shape index (κ3) is 2.15. The molecule has 5 heteroatoms. The Morgan fingerprint density at radius 2 is 2.25 bits per heavy atom. The molecule has 1 aromatic rings. The van der Waals surface area contributed by atoms with Crippen LogP contribution >= 0.6 is 0 Å². The quantitative estimate of drug-likeness (QED) is 0.817. The lowest BCUT2D eigenvalue weighted by molar-refractivity contribution is 0.136. The van der Waals surface area contributed by atoms with Crippen LogP contribution in [0.25, 0.3) is 0 Å². The zero-order valence-corrected chi connectivity index (χ0v) is 9.69. The molecule has 0 aliphatic carbocycles. The summed E-state index contributed by atoms with van der Waals surface area (Å²) in [7, 11) is 0. The molecule has 1 atom stereocenters. The SMILES string of the molecule is Cc1nnc(OC2CCOC2)c(CN)c1C. The van der Waals surface area contributed by atoms with Gasteiger partial charge in [-0.3, -0.25) is 0 Å². The molecule has 0 spiro atoms. The number of rotatable bonds is 3. The first-order valence-corrected chi connectivity index (χ1v) is 5.49. The number of aromatic nitrogens is 2. The van der Waals surface area contributed by atoms with Crippen molar-refractivity contribution in [2.24, 2.45) is 5.73 Å². The fourth-order valence-electron chi connectivity index (χ4n) is 1.73. The van der Waals surface area contributed by atoms with Gasteiger partial charge in [0.1, 0.15) is 6.10 Å². The van der Waals surface area contributed by atoms with Crippen LogP contribution < -0.4 is 10.5 Å². The summed E-state index contributed by atoms with van der Waals surface area (Å²) >= 11 is 0. The molecule has 16 heavy (non-hydrogen) atoms. The van der Waals surface area contributed by atoms with Gasteiger partial charge in [0, 0.05) is 18.5 Å². The van der Waals surface area contributed by atoms with Crippen LogP contribution in [0.2, 0.25) is 0 Å². The van der Waals surface area contributed by atoms with Crippen molar-refractivity contribution in [1.29, 1.82) is 0 Å². The summed E-state index contributed by atoms with van der Waals surface area (Å²) in [4.78, 5) is 0. The van der Waals surface area contributed by atoms with Gasteiger partial charge in [0.15, 0.2) is 0 Å². The molecule has 5 nitrogen and oxygen atoms in total. The van der Waals surface area contributed by atoms with Crippen LogP contribution in [-0.2, 0) is 11.3 Å². The highest BCUT2D eigenvalue weighted by molar-refractivity contribution is 5.35. The third-order valence-corrected chi connectivity index (χ3v) is 2.91. The van der Waals surface area contributed by atoms with E-state index in [1.54, 1.807) is 0 Å². The zero-order valence-electron chi connectivity index (χ0n) is 9.69. The van der Waals surface area contributed by atoms with Crippen LogP contribution in [0.15, 0.2) is 0 Å². The van der Waals surface area contributed by atoms with Crippen LogP contribution in [-0.4, -0.2) is 29.5 Å². The minimum absolute atomic E-state index is 0.0849. The number of nitrogens with zero attached hydrogens (tertiary/aromatic N) is 2. The zero-order chi connectivity index (χ0) is 11.5. The van der Waals surface area contributed by atoms with Crippen LogP contribution in [0.4, 0.5) is 0 Å². The summed E-state index contributed by atoms with van der Waals surface area (Å²) in [5.41, 5.74) is 8.62. The van der Waals surface area contributed by atoms with Crippen molar-refractivity contribution in [3.8, 4) is 5.88 Å². The van der Waals surface area contributed by atoms with E-state index in [4.69, 9.17) is 15.2 Å². The van der Waals surface area contributed by atoms with Gasteiger partial charge >= 0.3 is 0 Å². The molecule has 2 rings (SSSR count). The van der Waals surface area contributed by atoms with Crippen molar-refractivity contribution >= 4 is 0 Å². The first kappa shape index (κ1) is 11.3. The van der Waals surface area contributed by atoms with Crippen LogP contribution in [0.5, 0.6) is 5.88 Å². The molecule has 0 saturated carbocycles. The van der Waals surface area contributed by atoms with E-state index in [1.165, 1.54) is 0 Å². The average molecular weight is 223 g/mol. The topological polar surface area (TPSA) is 70.3 Å². The summed E-state index contributed by atoms with van der Waals surface area (Å²) in [6.07, 6.45) is 0.986. The second kappa shape index (κ2) is 4.76. The van der Waals surface area contributed by atoms with E-state index in [2.05, 4.69) is 10.2 Å². The molecule has 88 valence electrons. The monoisotopic (exact) mass is 223 g/mol. The molecule has 1 saturated heterocycles. The highest BCUT2D eigenvalue weighted by atomic mass is 16.5. The molecule has 0 radical (unpaired) electrons. The molecule has 1 aliphatic heterocycles. The lowest BCUT2D eigenvalue weighted by Gasteiger charge is -2.15. The highest BCUT2D eigenvalue weighted by Gasteiger charge is 2.20. The second-order valence-corrected chi connectivity index (χ2v) is 4.00. The molecule has 0 bridgehead atoms. The largest absolute Gasteiger partial charge is 0.470 e. The number of hydrogen-bond donors (Lipinski definition) is 1. The van der Waals surface area contributed by atoms with Gasteiger partial charge in [0.05, 0.1) is 18.9 Å². The van der Waals surface area contributed by atoms with E-state index >= 15 is 0 Å². The van der Waals surface area contributed by atoms with Gasteiger partial charge in [-0.1, -0.05) is 0 Å². The van der Waals surface area contributed by atoms with Gasteiger partial charge in [0.2, 0.25) is 5.88 Å². The molecule has 1 fully saturated rings. The predicted molar refractivity (Wildman–Crippen MR) is 59.2 cm³/mol. The van der Waals surface area contributed by atoms with Gasteiger partial charge < -0.3 is 15.2 Å². The maximum absolute atomic E-state index is 5.75. The van der Waals surface area contributed by atoms with Crippen LogP contribution in [0.3, 0.4) is 0 Å². The number of aryl methyl sites for hydroxylation is 1. The lowest BCUT2D eigenvalue weighted by Crippen LogP contribution is -2.19. The Morgan fingerprint density at radius 3 is 2.88 bits per heavy atom. The molecule has 0 amide bonds. The Balaban J connectivity index is 2.22. The molecule has 1 aromatic heterocycles. The molecule has 2 heterocycles. The van der Waals surface area contributed by atoms with E-state index in [1.807, 2.05) is 13.8 Å². The first-order chi connectivity index (χ1) is 7.72. The van der Waals surface area contributed by atoms with Gasteiger partial charge in [-0.25, -0.2) is 0 Å². The molecule has 1 unspecified atom stereocenters. The number of nitrogens with two attached hydrogens (primary N) is 1. The van der Waals surface area contributed by atoms with Crippen molar-refractivity contribution in [2.75, 3.05) is 13.2 Å². The Hall–Kier alpha value is -1.20. The van der Waals surface area contributed by atoms with Crippen molar-refractivity contribution in [3.63, 3.8) is 0 Å². The minimum Gasteiger partial charge on any atom is -0.470 e. The summed E-state index contributed by atoms with van der Waals surface area (Å²) in [6.45, 7) is 5.71. The first-order valence-electron chi connectivity index (χ1n) is 5.49. The summed E-state index contributed by atoms with van der Waals surface area (Å²) in [5, 5.41) is 8.12. The van der Waals surface area contributed by atoms with Crippen LogP contribution in [0.1, 0.15) is 23.2 Å². The Morgan fingerprint density at radius 1 is 1.44 bits per heavy atom. The van der Waals surface area contributed by atoms with Gasteiger partial charge in [-0.15, -0.1) is 5.10 Å². The second-order valence-electron chi connectivity index (χ2n) is 4.00. The van der Waals surface area contributed by atoms with Crippen LogP contribution in [0, 0.1) is 13.8 Å². The molecule has 2 N–H and O–H groups in total. The van der Waals surface area contributed by atoms with Gasteiger partial charge in [0.25, 0.3) is 0 Å². The molecule has 1 aliphatic rings. The third-order valence-electron chi connectivity index (χ3n) is 2.91. The van der Waals surface area contributed by atoms with E-state index in [9.17, 15) is 0 Å². The summed E-state index contributed by atoms with van der Waals surface area (Å²) < 4.78 is 11.0. The van der Waals surface area contributed by atoms with Crippen molar-refractivity contribution in [3.05, 3.63) is 16.8 Å². The highest BCUT2D eigenvalue weighted by Crippen LogP contribution is 2.22. The maximum atomic E-state index is 5.75. The number of ether oxygens (including phenoxy) is 2. The molecular formula is C11H17N3O2. The fourth-order valence-corrected chi connectivity index (χ4v) is 1.73.